The molecule has 2 aromatic heterocycles. The molecular weight excluding hydrogens is 358 g/mol. The van der Waals surface area contributed by atoms with Gasteiger partial charge in [-0.1, -0.05) is 18.2 Å². The zero-order valence-corrected chi connectivity index (χ0v) is 16.8. The van der Waals surface area contributed by atoms with Crippen molar-refractivity contribution in [3.05, 3.63) is 59.7 Å². The number of hydrogen-bond acceptors (Lipinski definition) is 4. The summed E-state index contributed by atoms with van der Waals surface area (Å²) in [6, 6.07) is 15.4. The maximum atomic E-state index is 8.97. The van der Waals surface area contributed by atoms with Crippen LogP contribution >= 0.6 is 0 Å². The molecule has 2 atom stereocenters. The molecule has 148 valence electrons. The van der Waals surface area contributed by atoms with Crippen LogP contribution in [0.15, 0.2) is 42.6 Å². The molecule has 3 aromatic rings. The number of unbranched alkanes of at least 4 members (excludes halogenated alkanes) is 1. The molecule has 0 saturated carbocycles. The number of aryl methyl sites for hydroxylation is 2. The molecule has 3 heterocycles. The lowest BCUT2D eigenvalue weighted by atomic mass is 9.77. The molecule has 0 spiro atoms. The minimum atomic E-state index is 0.404. The molecule has 1 fully saturated rings. The Bertz CT molecular complexity index is 1050. The standard InChI is InChI=1S/C24H27N5/c25-13-3-4-16-29-21-10-2-1-9-20(21)27-22(29)17-28-15-6-8-19-12-11-18-7-5-14-26-23(18)24(19)28/h1-2,5,7,9-10,14,19,24H,3-4,6,8,11-12,15-17H2. The van der Waals surface area contributed by atoms with Gasteiger partial charge >= 0.3 is 0 Å². The number of pyridine rings is 1. The van der Waals surface area contributed by atoms with E-state index in [2.05, 4.69) is 51.9 Å². The third-order valence-electron chi connectivity index (χ3n) is 6.60. The van der Waals surface area contributed by atoms with E-state index in [-0.39, 0.29) is 0 Å². The van der Waals surface area contributed by atoms with Gasteiger partial charge in [-0.3, -0.25) is 9.88 Å². The molecule has 1 saturated heterocycles. The van der Waals surface area contributed by atoms with E-state index in [1.165, 1.54) is 36.0 Å². The van der Waals surface area contributed by atoms with Crippen LogP contribution in [0.25, 0.3) is 11.0 Å². The molecule has 2 unspecified atom stereocenters. The summed E-state index contributed by atoms with van der Waals surface area (Å²) in [6.07, 6.45) is 8.36. The fourth-order valence-corrected chi connectivity index (χ4v) is 5.29. The fraction of sp³-hybridized carbons (Fsp3) is 0.458. The summed E-state index contributed by atoms with van der Waals surface area (Å²) in [5.41, 5.74) is 4.94. The molecule has 0 radical (unpaired) electrons. The SMILES string of the molecule is N#CCCCn1c(CN2CCCC3CCc4cccnc4C32)nc2ccccc21. The first-order valence-electron chi connectivity index (χ1n) is 10.8. The van der Waals surface area contributed by atoms with Crippen LogP contribution in [-0.2, 0) is 19.5 Å². The van der Waals surface area contributed by atoms with Crippen LogP contribution in [0.4, 0.5) is 0 Å². The van der Waals surface area contributed by atoms with Gasteiger partial charge in [0.2, 0.25) is 0 Å². The summed E-state index contributed by atoms with van der Waals surface area (Å²) >= 11 is 0. The van der Waals surface area contributed by atoms with Crippen LogP contribution in [0, 0.1) is 17.2 Å². The van der Waals surface area contributed by atoms with Crippen molar-refractivity contribution in [3.8, 4) is 6.07 Å². The van der Waals surface area contributed by atoms with Gasteiger partial charge in [-0.05, 0) is 68.3 Å². The Balaban J connectivity index is 1.49. The largest absolute Gasteiger partial charge is 0.327 e. The smallest absolute Gasteiger partial charge is 0.124 e. The third-order valence-corrected chi connectivity index (χ3v) is 6.60. The molecule has 2 aliphatic rings. The molecule has 1 aliphatic carbocycles. The molecule has 0 bridgehead atoms. The maximum Gasteiger partial charge on any atom is 0.124 e. The lowest BCUT2D eigenvalue weighted by molar-refractivity contribution is 0.0664. The van der Waals surface area contributed by atoms with Gasteiger partial charge in [0.25, 0.3) is 0 Å². The van der Waals surface area contributed by atoms with Gasteiger partial charge in [-0.2, -0.15) is 5.26 Å². The first-order valence-corrected chi connectivity index (χ1v) is 10.8. The topological polar surface area (TPSA) is 57.7 Å². The molecule has 5 rings (SSSR count). The summed E-state index contributed by atoms with van der Waals surface area (Å²) in [5, 5.41) is 8.97. The maximum absolute atomic E-state index is 8.97. The highest BCUT2D eigenvalue weighted by Gasteiger charge is 2.38. The first kappa shape index (κ1) is 18.3. The Morgan fingerprint density at radius 3 is 3.00 bits per heavy atom. The summed E-state index contributed by atoms with van der Waals surface area (Å²) in [6.45, 7) is 2.79. The molecule has 0 amide bonds. The van der Waals surface area contributed by atoms with Crippen molar-refractivity contribution in [2.45, 2.75) is 57.7 Å². The molecule has 1 aromatic carbocycles. The second-order valence-corrected chi connectivity index (χ2v) is 8.33. The number of piperidine rings is 1. The summed E-state index contributed by atoms with van der Waals surface area (Å²) in [4.78, 5) is 12.4. The highest BCUT2D eigenvalue weighted by molar-refractivity contribution is 5.75. The number of para-hydroxylation sites is 2. The minimum Gasteiger partial charge on any atom is -0.327 e. The lowest BCUT2D eigenvalue weighted by Gasteiger charge is -2.44. The van der Waals surface area contributed by atoms with Gasteiger partial charge in [0.05, 0.1) is 35.4 Å². The summed E-state index contributed by atoms with van der Waals surface area (Å²) in [5.74, 6) is 1.82. The summed E-state index contributed by atoms with van der Waals surface area (Å²) < 4.78 is 2.33. The number of nitrogens with zero attached hydrogens (tertiary/aromatic N) is 5. The first-order chi connectivity index (χ1) is 14.3. The van der Waals surface area contributed by atoms with E-state index >= 15 is 0 Å². The Labute approximate surface area is 172 Å². The van der Waals surface area contributed by atoms with Crippen molar-refractivity contribution in [1.29, 1.82) is 5.26 Å². The van der Waals surface area contributed by atoms with Crippen LogP contribution in [0.3, 0.4) is 0 Å². The van der Waals surface area contributed by atoms with Crippen LogP contribution in [0.2, 0.25) is 0 Å². The Morgan fingerprint density at radius 2 is 2.07 bits per heavy atom. The second kappa shape index (κ2) is 7.96. The van der Waals surface area contributed by atoms with E-state index in [0.717, 1.165) is 43.8 Å². The third kappa shape index (κ3) is 3.42. The van der Waals surface area contributed by atoms with Crippen LogP contribution < -0.4 is 0 Å². The van der Waals surface area contributed by atoms with Crippen molar-refractivity contribution in [2.24, 2.45) is 5.92 Å². The van der Waals surface area contributed by atoms with Crippen molar-refractivity contribution in [3.63, 3.8) is 0 Å². The molecule has 29 heavy (non-hydrogen) atoms. The summed E-state index contributed by atoms with van der Waals surface area (Å²) in [7, 11) is 0. The number of hydrogen-bond donors (Lipinski definition) is 0. The van der Waals surface area contributed by atoms with Crippen molar-refractivity contribution >= 4 is 11.0 Å². The fourth-order valence-electron chi connectivity index (χ4n) is 5.29. The monoisotopic (exact) mass is 385 g/mol. The van der Waals surface area contributed by atoms with E-state index < -0.39 is 0 Å². The lowest BCUT2D eigenvalue weighted by Crippen LogP contribution is -2.41. The zero-order valence-electron chi connectivity index (χ0n) is 16.8. The Morgan fingerprint density at radius 1 is 1.14 bits per heavy atom. The van der Waals surface area contributed by atoms with Crippen molar-refractivity contribution < 1.29 is 0 Å². The molecule has 0 N–H and O–H groups in total. The van der Waals surface area contributed by atoms with Gasteiger partial charge in [0.15, 0.2) is 0 Å². The number of aromatic nitrogens is 3. The van der Waals surface area contributed by atoms with Gasteiger partial charge in [-0.15, -0.1) is 0 Å². The highest BCUT2D eigenvalue weighted by atomic mass is 15.2. The van der Waals surface area contributed by atoms with Crippen LogP contribution in [0.1, 0.15) is 55.2 Å². The molecule has 5 nitrogen and oxygen atoms in total. The quantitative estimate of drug-likeness (QED) is 0.601. The predicted octanol–water partition coefficient (Wildman–Crippen LogP) is 4.63. The van der Waals surface area contributed by atoms with E-state index in [4.69, 9.17) is 15.2 Å². The normalized spacial score (nSPS) is 21.5. The van der Waals surface area contributed by atoms with Gasteiger partial charge in [-0.25, -0.2) is 4.98 Å². The second-order valence-electron chi connectivity index (χ2n) is 8.33. The number of imidazole rings is 1. The molecule has 1 aliphatic heterocycles. The van der Waals surface area contributed by atoms with Crippen molar-refractivity contribution in [1.82, 2.24) is 19.4 Å². The number of likely N-dealkylation sites (tertiary alicyclic amines) is 1. The average molecular weight is 386 g/mol. The minimum absolute atomic E-state index is 0.404. The van der Waals surface area contributed by atoms with E-state index in [0.29, 0.717) is 18.4 Å². The van der Waals surface area contributed by atoms with Crippen LogP contribution in [0.5, 0.6) is 0 Å². The van der Waals surface area contributed by atoms with Gasteiger partial charge in [0, 0.05) is 19.2 Å². The average Bonchev–Trinajstić information content (AvgIpc) is 3.11. The zero-order chi connectivity index (χ0) is 19.6. The number of benzene rings is 1. The number of rotatable bonds is 5. The predicted molar refractivity (Wildman–Crippen MR) is 113 cm³/mol. The van der Waals surface area contributed by atoms with Crippen LogP contribution in [-0.4, -0.2) is 26.0 Å². The highest BCUT2D eigenvalue weighted by Crippen LogP contribution is 2.43. The van der Waals surface area contributed by atoms with Crippen molar-refractivity contribution in [2.75, 3.05) is 6.54 Å². The Hall–Kier alpha value is -2.71. The van der Waals surface area contributed by atoms with Gasteiger partial charge in [0.1, 0.15) is 5.82 Å². The van der Waals surface area contributed by atoms with E-state index in [9.17, 15) is 0 Å². The number of fused-ring (bicyclic) bond motifs is 4. The van der Waals surface area contributed by atoms with Gasteiger partial charge < -0.3 is 4.57 Å². The van der Waals surface area contributed by atoms with E-state index in [1.54, 1.807) is 0 Å². The Kier molecular flexibility index (Phi) is 5.03. The molecule has 5 heteroatoms. The van der Waals surface area contributed by atoms with E-state index in [1.807, 2.05) is 6.20 Å². The number of nitriles is 1. The molecular formula is C24H27N5.